The fourth-order valence-electron chi connectivity index (χ4n) is 1.92. The maximum atomic E-state index is 11.3. The van der Waals surface area contributed by atoms with Crippen molar-refractivity contribution in [2.45, 2.75) is 6.42 Å². The first-order valence-corrected chi connectivity index (χ1v) is 6.25. The van der Waals surface area contributed by atoms with Gasteiger partial charge in [-0.25, -0.2) is 0 Å². The van der Waals surface area contributed by atoms with Gasteiger partial charge in [0.2, 0.25) is 5.91 Å². The molecule has 4 nitrogen and oxygen atoms in total. The molecule has 0 atom stereocenters. The molecule has 1 aromatic carbocycles. The minimum absolute atomic E-state index is 0. The fourth-order valence-corrected chi connectivity index (χ4v) is 2.09. The lowest BCUT2D eigenvalue weighted by Gasteiger charge is -2.04. The van der Waals surface area contributed by atoms with E-state index < -0.39 is 0 Å². The van der Waals surface area contributed by atoms with Gasteiger partial charge in [0.25, 0.3) is 0 Å². The number of carbonyl (C=O) groups is 1. The van der Waals surface area contributed by atoms with Gasteiger partial charge >= 0.3 is 0 Å². The van der Waals surface area contributed by atoms with Gasteiger partial charge in [-0.05, 0) is 37.2 Å². The van der Waals surface area contributed by atoms with Crippen LogP contribution in [-0.4, -0.2) is 31.0 Å². The minimum atomic E-state index is 0. The topological polar surface area (TPSA) is 56.9 Å². The number of likely N-dealkylation sites (N-methyl/N-ethyl adjacent to an activating group) is 1. The van der Waals surface area contributed by atoms with Crippen molar-refractivity contribution in [1.29, 1.82) is 0 Å². The lowest BCUT2D eigenvalue weighted by atomic mass is 10.1. The Hall–Kier alpha value is -1.23. The van der Waals surface area contributed by atoms with Crippen LogP contribution in [0.3, 0.4) is 0 Å². The molecule has 2 aromatic rings. The van der Waals surface area contributed by atoms with Crippen molar-refractivity contribution in [3.05, 3.63) is 35.0 Å². The summed E-state index contributed by atoms with van der Waals surface area (Å²) in [6.07, 6.45) is 2.75. The molecule has 2 rings (SSSR count). The van der Waals surface area contributed by atoms with Crippen molar-refractivity contribution in [2.75, 3.05) is 20.1 Å². The van der Waals surface area contributed by atoms with Crippen molar-refractivity contribution in [2.24, 2.45) is 0 Å². The molecule has 0 saturated heterocycles. The van der Waals surface area contributed by atoms with E-state index in [9.17, 15) is 4.79 Å². The number of amides is 1. The number of halogens is 2. The van der Waals surface area contributed by atoms with Crippen molar-refractivity contribution in [3.63, 3.8) is 0 Å². The standard InChI is InChI=1S/C13H16ClN3O.ClH/c1-15-8-13(18)16-5-4-9-7-17-12-3-2-10(14)6-11(9)12;/h2-3,6-7,15,17H,4-5,8H2,1H3,(H,16,18);1H. The summed E-state index contributed by atoms with van der Waals surface area (Å²) in [7, 11) is 1.75. The Morgan fingerprint density at radius 2 is 2.21 bits per heavy atom. The normalized spacial score (nSPS) is 10.2. The Morgan fingerprint density at radius 3 is 2.95 bits per heavy atom. The van der Waals surface area contributed by atoms with Crippen LogP contribution in [0.2, 0.25) is 5.02 Å². The van der Waals surface area contributed by atoms with Crippen LogP contribution in [0.4, 0.5) is 0 Å². The van der Waals surface area contributed by atoms with Gasteiger partial charge < -0.3 is 15.6 Å². The van der Waals surface area contributed by atoms with Crippen molar-refractivity contribution in [1.82, 2.24) is 15.6 Å². The number of carbonyl (C=O) groups excluding carboxylic acids is 1. The van der Waals surface area contributed by atoms with Crippen molar-refractivity contribution in [3.8, 4) is 0 Å². The maximum absolute atomic E-state index is 11.3. The van der Waals surface area contributed by atoms with Gasteiger partial charge in [-0.2, -0.15) is 0 Å². The number of rotatable bonds is 5. The predicted octanol–water partition coefficient (Wildman–Crippen LogP) is 2.12. The van der Waals surface area contributed by atoms with Crippen LogP contribution in [-0.2, 0) is 11.2 Å². The van der Waals surface area contributed by atoms with E-state index in [2.05, 4.69) is 15.6 Å². The molecular weight excluding hydrogens is 285 g/mol. The maximum Gasteiger partial charge on any atom is 0.233 e. The first-order valence-electron chi connectivity index (χ1n) is 5.87. The predicted molar refractivity (Wildman–Crippen MR) is 81.2 cm³/mol. The van der Waals surface area contributed by atoms with Crippen LogP contribution in [0, 0.1) is 0 Å². The van der Waals surface area contributed by atoms with Crippen LogP contribution >= 0.6 is 24.0 Å². The molecule has 1 amide bonds. The van der Waals surface area contributed by atoms with E-state index in [0.29, 0.717) is 13.1 Å². The highest BCUT2D eigenvalue weighted by Gasteiger charge is 2.05. The number of fused-ring (bicyclic) bond motifs is 1. The highest BCUT2D eigenvalue weighted by molar-refractivity contribution is 6.31. The van der Waals surface area contributed by atoms with Crippen LogP contribution < -0.4 is 10.6 Å². The molecule has 19 heavy (non-hydrogen) atoms. The Kier molecular flexibility index (Phi) is 6.15. The summed E-state index contributed by atoms with van der Waals surface area (Å²) < 4.78 is 0. The van der Waals surface area contributed by atoms with Crippen LogP contribution in [0.1, 0.15) is 5.56 Å². The van der Waals surface area contributed by atoms with E-state index in [1.165, 1.54) is 0 Å². The molecule has 1 aromatic heterocycles. The van der Waals surface area contributed by atoms with Gasteiger partial charge in [0, 0.05) is 28.7 Å². The number of benzene rings is 1. The third-order valence-electron chi connectivity index (χ3n) is 2.78. The molecule has 3 N–H and O–H groups in total. The molecule has 0 bridgehead atoms. The average molecular weight is 302 g/mol. The molecule has 0 aliphatic rings. The van der Waals surface area contributed by atoms with Crippen molar-refractivity contribution >= 4 is 40.8 Å². The summed E-state index contributed by atoms with van der Waals surface area (Å²) in [6.45, 7) is 0.972. The van der Waals surface area contributed by atoms with Crippen LogP contribution in [0.15, 0.2) is 24.4 Å². The molecular formula is C13H17Cl2N3O. The molecule has 1 heterocycles. The van der Waals surface area contributed by atoms with Gasteiger partial charge in [-0.15, -0.1) is 12.4 Å². The van der Waals surface area contributed by atoms with E-state index >= 15 is 0 Å². The van der Waals surface area contributed by atoms with E-state index in [1.54, 1.807) is 7.05 Å². The number of nitrogens with one attached hydrogen (secondary N) is 3. The van der Waals surface area contributed by atoms with E-state index in [4.69, 9.17) is 11.6 Å². The molecule has 0 spiro atoms. The first kappa shape index (κ1) is 15.8. The molecule has 0 aliphatic heterocycles. The van der Waals surface area contributed by atoms with Crippen molar-refractivity contribution < 1.29 is 4.79 Å². The third-order valence-corrected chi connectivity index (χ3v) is 3.02. The second-order valence-electron chi connectivity index (χ2n) is 4.13. The van der Waals surface area contributed by atoms with Gasteiger partial charge in [0.05, 0.1) is 6.54 Å². The molecule has 104 valence electrons. The summed E-state index contributed by atoms with van der Waals surface area (Å²) in [5, 5.41) is 7.51. The van der Waals surface area contributed by atoms with E-state index in [0.717, 1.165) is 27.9 Å². The van der Waals surface area contributed by atoms with E-state index in [-0.39, 0.29) is 18.3 Å². The fraction of sp³-hybridized carbons (Fsp3) is 0.308. The Labute approximate surface area is 123 Å². The molecule has 0 radical (unpaired) electrons. The lowest BCUT2D eigenvalue weighted by Crippen LogP contribution is -2.33. The van der Waals surface area contributed by atoms with Gasteiger partial charge in [-0.3, -0.25) is 4.79 Å². The molecule has 0 fully saturated rings. The summed E-state index contributed by atoms with van der Waals surface area (Å²) in [5.74, 6) is 0.00961. The smallest absolute Gasteiger partial charge is 0.233 e. The minimum Gasteiger partial charge on any atom is -0.361 e. The number of H-pyrrole nitrogens is 1. The third kappa shape index (κ3) is 4.13. The number of aromatic amines is 1. The number of hydrogen-bond acceptors (Lipinski definition) is 2. The zero-order valence-electron chi connectivity index (χ0n) is 10.6. The monoisotopic (exact) mass is 301 g/mol. The summed E-state index contributed by atoms with van der Waals surface area (Å²) in [5.41, 5.74) is 2.23. The highest BCUT2D eigenvalue weighted by Crippen LogP contribution is 2.22. The second-order valence-corrected chi connectivity index (χ2v) is 4.57. The highest BCUT2D eigenvalue weighted by atomic mass is 35.5. The lowest BCUT2D eigenvalue weighted by molar-refractivity contribution is -0.120. The first-order chi connectivity index (χ1) is 8.70. The van der Waals surface area contributed by atoms with E-state index in [1.807, 2.05) is 24.4 Å². The van der Waals surface area contributed by atoms with Gasteiger partial charge in [-0.1, -0.05) is 11.6 Å². The SMILES string of the molecule is CNCC(=O)NCCc1c[nH]c2ccc(Cl)cc12.Cl. The van der Waals surface area contributed by atoms with Gasteiger partial charge in [0.1, 0.15) is 0 Å². The zero-order valence-corrected chi connectivity index (χ0v) is 12.2. The molecule has 0 saturated carbocycles. The van der Waals surface area contributed by atoms with Crippen LogP contribution in [0.5, 0.6) is 0 Å². The molecule has 6 heteroatoms. The molecule has 0 unspecified atom stereocenters. The summed E-state index contributed by atoms with van der Waals surface area (Å²) >= 11 is 5.98. The number of aromatic nitrogens is 1. The summed E-state index contributed by atoms with van der Waals surface area (Å²) in [4.78, 5) is 14.5. The number of hydrogen-bond donors (Lipinski definition) is 3. The largest absolute Gasteiger partial charge is 0.361 e. The summed E-state index contributed by atoms with van der Waals surface area (Å²) in [6, 6.07) is 5.76. The Bertz CT molecular complexity index is 554. The Balaban J connectivity index is 0.00000180. The second kappa shape index (κ2) is 7.38. The molecule has 0 aliphatic carbocycles. The zero-order chi connectivity index (χ0) is 13.0. The average Bonchev–Trinajstić information content (AvgIpc) is 2.72. The van der Waals surface area contributed by atoms with Crippen LogP contribution in [0.25, 0.3) is 10.9 Å². The van der Waals surface area contributed by atoms with Gasteiger partial charge in [0.15, 0.2) is 0 Å². The quantitative estimate of drug-likeness (QED) is 0.792. The Morgan fingerprint density at radius 1 is 1.42 bits per heavy atom.